The summed E-state index contributed by atoms with van der Waals surface area (Å²) in [6.07, 6.45) is 0.878. The largest absolute Gasteiger partial charge is 0.324 e. The number of benzene rings is 2. The van der Waals surface area contributed by atoms with Crippen LogP contribution in [0.3, 0.4) is 0 Å². The zero-order chi connectivity index (χ0) is 13.1. The van der Waals surface area contributed by atoms with Crippen molar-refractivity contribution in [1.29, 1.82) is 0 Å². The predicted molar refractivity (Wildman–Crippen MR) is 80.7 cm³/mol. The van der Waals surface area contributed by atoms with Gasteiger partial charge in [-0.05, 0) is 54.7 Å². The average molecular weight is 304 g/mol. The van der Waals surface area contributed by atoms with Gasteiger partial charge in [0.25, 0.3) is 0 Å². The van der Waals surface area contributed by atoms with Crippen molar-refractivity contribution in [1.82, 2.24) is 0 Å². The van der Waals surface area contributed by atoms with Crippen molar-refractivity contribution in [2.45, 2.75) is 26.3 Å². The molecule has 2 aromatic rings. The molecule has 0 spiro atoms. The van der Waals surface area contributed by atoms with Crippen LogP contribution >= 0.6 is 15.9 Å². The first-order valence-corrected chi connectivity index (χ1v) is 6.93. The third-order valence-corrected chi connectivity index (χ3v) is 3.85. The summed E-state index contributed by atoms with van der Waals surface area (Å²) in [4.78, 5) is 0. The number of nitrogens with two attached hydrogens (primary N) is 1. The van der Waals surface area contributed by atoms with Crippen LogP contribution in [-0.2, 0) is 6.42 Å². The molecule has 0 aliphatic rings. The second kappa shape index (κ2) is 5.68. The van der Waals surface area contributed by atoms with Crippen LogP contribution in [0.15, 0.2) is 46.9 Å². The molecule has 2 N–H and O–H groups in total. The Labute approximate surface area is 117 Å². The molecule has 0 heterocycles. The lowest BCUT2D eigenvalue weighted by atomic mass is 9.97. The maximum Gasteiger partial charge on any atom is 0.0335 e. The zero-order valence-electron chi connectivity index (χ0n) is 10.8. The molecule has 2 heteroatoms. The quantitative estimate of drug-likeness (QED) is 0.898. The summed E-state index contributed by atoms with van der Waals surface area (Å²) >= 11 is 3.44. The van der Waals surface area contributed by atoms with Crippen LogP contribution in [0.2, 0.25) is 0 Å². The van der Waals surface area contributed by atoms with Crippen LogP contribution in [0.5, 0.6) is 0 Å². The molecule has 0 saturated heterocycles. The molecule has 0 fully saturated rings. The Morgan fingerprint density at radius 2 is 1.67 bits per heavy atom. The Hall–Kier alpha value is -1.12. The predicted octanol–water partition coefficient (Wildman–Crippen LogP) is 4.31. The van der Waals surface area contributed by atoms with Gasteiger partial charge in [-0.3, -0.25) is 0 Å². The van der Waals surface area contributed by atoms with Crippen LogP contribution in [-0.4, -0.2) is 0 Å². The first-order valence-electron chi connectivity index (χ1n) is 6.13. The van der Waals surface area contributed by atoms with E-state index in [1.165, 1.54) is 22.3 Å². The van der Waals surface area contributed by atoms with Crippen LogP contribution in [0.25, 0.3) is 0 Å². The summed E-state index contributed by atoms with van der Waals surface area (Å²) in [5, 5.41) is 0. The number of halogens is 1. The van der Waals surface area contributed by atoms with E-state index in [-0.39, 0.29) is 6.04 Å². The molecule has 18 heavy (non-hydrogen) atoms. The van der Waals surface area contributed by atoms with Gasteiger partial charge >= 0.3 is 0 Å². The van der Waals surface area contributed by atoms with Crippen LogP contribution in [0.4, 0.5) is 0 Å². The molecule has 0 aliphatic carbocycles. The van der Waals surface area contributed by atoms with E-state index in [0.29, 0.717) is 0 Å². The Bertz CT molecular complexity index is 531. The third kappa shape index (κ3) is 3.21. The van der Waals surface area contributed by atoms with Crippen molar-refractivity contribution >= 4 is 15.9 Å². The molecule has 1 atom stereocenters. The zero-order valence-corrected chi connectivity index (χ0v) is 12.4. The fraction of sp³-hybridized carbons (Fsp3) is 0.250. The highest BCUT2D eigenvalue weighted by Gasteiger charge is 2.07. The van der Waals surface area contributed by atoms with E-state index >= 15 is 0 Å². The van der Waals surface area contributed by atoms with Gasteiger partial charge in [0.1, 0.15) is 0 Å². The second-order valence-corrected chi connectivity index (χ2v) is 5.70. The van der Waals surface area contributed by atoms with E-state index in [9.17, 15) is 0 Å². The van der Waals surface area contributed by atoms with E-state index in [1.807, 2.05) is 12.1 Å². The second-order valence-electron chi connectivity index (χ2n) is 4.78. The molecule has 1 unspecified atom stereocenters. The van der Waals surface area contributed by atoms with E-state index in [0.717, 1.165) is 10.9 Å². The molecule has 0 aliphatic heterocycles. The molecular formula is C16H18BrN. The van der Waals surface area contributed by atoms with Crippen molar-refractivity contribution < 1.29 is 0 Å². The van der Waals surface area contributed by atoms with E-state index < -0.39 is 0 Å². The fourth-order valence-electron chi connectivity index (χ4n) is 2.01. The van der Waals surface area contributed by atoms with Gasteiger partial charge < -0.3 is 5.73 Å². The maximum absolute atomic E-state index is 6.25. The highest BCUT2D eigenvalue weighted by molar-refractivity contribution is 9.10. The number of aryl methyl sites for hydroxylation is 2. The Balaban J connectivity index is 2.13. The standard InChI is InChI=1S/C16H18BrN/c1-11-3-4-13(9-12(11)2)10-16(18)14-5-7-15(17)8-6-14/h3-9,16H,10,18H2,1-2H3. The van der Waals surface area contributed by atoms with Gasteiger partial charge in [-0.15, -0.1) is 0 Å². The lowest BCUT2D eigenvalue weighted by Crippen LogP contribution is -2.13. The first-order chi connectivity index (χ1) is 8.56. The molecule has 0 amide bonds. The summed E-state index contributed by atoms with van der Waals surface area (Å²) in [6, 6.07) is 14.9. The topological polar surface area (TPSA) is 26.0 Å². The fourth-order valence-corrected chi connectivity index (χ4v) is 2.28. The van der Waals surface area contributed by atoms with Crippen LogP contribution in [0.1, 0.15) is 28.3 Å². The van der Waals surface area contributed by atoms with Gasteiger partial charge in [0, 0.05) is 10.5 Å². The summed E-state index contributed by atoms with van der Waals surface area (Å²) in [6.45, 7) is 4.28. The number of hydrogen-bond acceptors (Lipinski definition) is 1. The van der Waals surface area contributed by atoms with Gasteiger partial charge in [-0.2, -0.15) is 0 Å². The molecular weight excluding hydrogens is 286 g/mol. The van der Waals surface area contributed by atoms with E-state index in [2.05, 4.69) is 60.1 Å². The number of rotatable bonds is 3. The molecule has 2 aromatic carbocycles. The molecule has 2 rings (SSSR count). The van der Waals surface area contributed by atoms with Gasteiger partial charge in [0.15, 0.2) is 0 Å². The molecule has 94 valence electrons. The summed E-state index contributed by atoms with van der Waals surface area (Å²) in [7, 11) is 0. The molecule has 0 saturated carbocycles. The van der Waals surface area contributed by atoms with E-state index in [1.54, 1.807) is 0 Å². The Morgan fingerprint density at radius 1 is 1.00 bits per heavy atom. The molecule has 0 bridgehead atoms. The lowest BCUT2D eigenvalue weighted by molar-refractivity contribution is 0.721. The molecule has 0 radical (unpaired) electrons. The van der Waals surface area contributed by atoms with Gasteiger partial charge in [0.05, 0.1) is 0 Å². The maximum atomic E-state index is 6.25. The van der Waals surface area contributed by atoms with E-state index in [4.69, 9.17) is 5.73 Å². The van der Waals surface area contributed by atoms with Gasteiger partial charge in [-0.25, -0.2) is 0 Å². The van der Waals surface area contributed by atoms with Crippen LogP contribution < -0.4 is 5.73 Å². The molecule has 1 nitrogen and oxygen atoms in total. The van der Waals surface area contributed by atoms with Crippen molar-refractivity contribution in [3.8, 4) is 0 Å². The Morgan fingerprint density at radius 3 is 2.28 bits per heavy atom. The summed E-state index contributed by atoms with van der Waals surface area (Å²) in [5.41, 5.74) is 11.4. The summed E-state index contributed by atoms with van der Waals surface area (Å²) < 4.78 is 1.09. The van der Waals surface area contributed by atoms with Crippen molar-refractivity contribution in [2.75, 3.05) is 0 Å². The Kier molecular flexibility index (Phi) is 4.20. The number of hydrogen-bond donors (Lipinski definition) is 1. The SMILES string of the molecule is Cc1ccc(CC(N)c2ccc(Br)cc2)cc1C. The van der Waals surface area contributed by atoms with Gasteiger partial charge in [0.2, 0.25) is 0 Å². The smallest absolute Gasteiger partial charge is 0.0335 e. The monoisotopic (exact) mass is 303 g/mol. The van der Waals surface area contributed by atoms with Gasteiger partial charge in [-0.1, -0.05) is 46.3 Å². The van der Waals surface area contributed by atoms with Crippen LogP contribution in [0, 0.1) is 13.8 Å². The highest BCUT2D eigenvalue weighted by Crippen LogP contribution is 2.20. The minimum Gasteiger partial charge on any atom is -0.324 e. The first kappa shape index (κ1) is 13.3. The highest BCUT2D eigenvalue weighted by atomic mass is 79.9. The molecule has 0 aromatic heterocycles. The summed E-state index contributed by atoms with van der Waals surface area (Å²) in [5.74, 6) is 0. The lowest BCUT2D eigenvalue weighted by Gasteiger charge is -2.13. The average Bonchev–Trinajstić information content (AvgIpc) is 2.34. The van der Waals surface area contributed by atoms with Crippen molar-refractivity contribution in [2.24, 2.45) is 5.73 Å². The van der Waals surface area contributed by atoms with Crippen molar-refractivity contribution in [3.05, 3.63) is 69.2 Å². The normalized spacial score (nSPS) is 12.4. The minimum atomic E-state index is 0.0557. The van der Waals surface area contributed by atoms with Crippen molar-refractivity contribution in [3.63, 3.8) is 0 Å². The minimum absolute atomic E-state index is 0.0557. The third-order valence-electron chi connectivity index (χ3n) is 3.33.